The number of rotatable bonds is 1. The highest BCUT2D eigenvalue weighted by atomic mass is 16.3. The molecule has 2 rings (SSSR count). The monoisotopic (exact) mass is 268 g/mol. The van der Waals surface area contributed by atoms with Crippen LogP contribution in [0.4, 0.5) is 0 Å². The standard InChI is InChI=1S/C15H24O4/c1-13(2,18)9-7-11-14(3,8-10(9)16)12(17)5-6-15(11,4)19/h7,11-12,17-19H,5-6,8H2,1-4H3/t11-,12-,14-,15+/m0/s1. The Morgan fingerprint density at radius 1 is 1.37 bits per heavy atom. The molecule has 0 amide bonds. The van der Waals surface area contributed by atoms with E-state index in [1.807, 2.05) is 6.92 Å². The molecule has 4 atom stereocenters. The SMILES string of the molecule is CC(C)(O)C1=C[C@H]2[C@](C)(CC1=O)[C@@H](O)CC[C@@]2(C)O. The second kappa shape index (κ2) is 4.14. The third kappa shape index (κ3) is 2.26. The normalized spacial score (nSPS) is 43.7. The molecule has 0 aromatic heterocycles. The molecular weight excluding hydrogens is 244 g/mol. The molecule has 4 nitrogen and oxygen atoms in total. The number of hydrogen-bond donors (Lipinski definition) is 3. The average molecular weight is 268 g/mol. The zero-order valence-electron chi connectivity index (χ0n) is 12.1. The summed E-state index contributed by atoms with van der Waals surface area (Å²) in [6.45, 7) is 6.75. The van der Waals surface area contributed by atoms with E-state index < -0.39 is 22.7 Å². The van der Waals surface area contributed by atoms with Crippen molar-refractivity contribution < 1.29 is 20.1 Å². The van der Waals surface area contributed by atoms with E-state index in [4.69, 9.17) is 0 Å². The van der Waals surface area contributed by atoms with Crippen molar-refractivity contribution in [1.82, 2.24) is 0 Å². The van der Waals surface area contributed by atoms with Crippen molar-refractivity contribution >= 4 is 5.78 Å². The van der Waals surface area contributed by atoms with E-state index in [9.17, 15) is 20.1 Å². The number of aliphatic hydroxyl groups excluding tert-OH is 1. The van der Waals surface area contributed by atoms with E-state index in [1.54, 1.807) is 26.8 Å². The van der Waals surface area contributed by atoms with E-state index in [1.165, 1.54) is 0 Å². The minimum Gasteiger partial charge on any atom is -0.393 e. The average Bonchev–Trinajstić information content (AvgIpc) is 2.22. The van der Waals surface area contributed by atoms with Crippen molar-refractivity contribution in [2.24, 2.45) is 11.3 Å². The molecule has 1 saturated carbocycles. The van der Waals surface area contributed by atoms with Crippen LogP contribution in [0.3, 0.4) is 0 Å². The van der Waals surface area contributed by atoms with Gasteiger partial charge >= 0.3 is 0 Å². The van der Waals surface area contributed by atoms with Crippen molar-refractivity contribution in [2.75, 3.05) is 0 Å². The van der Waals surface area contributed by atoms with E-state index >= 15 is 0 Å². The lowest BCUT2D eigenvalue weighted by Gasteiger charge is -2.53. The molecule has 0 aromatic carbocycles. The fourth-order valence-electron chi connectivity index (χ4n) is 3.68. The number of aliphatic hydroxyl groups is 3. The Morgan fingerprint density at radius 3 is 2.47 bits per heavy atom. The van der Waals surface area contributed by atoms with E-state index in [-0.39, 0.29) is 18.1 Å². The highest BCUT2D eigenvalue weighted by molar-refractivity contribution is 5.98. The van der Waals surface area contributed by atoms with Gasteiger partial charge in [-0.05, 0) is 33.6 Å². The van der Waals surface area contributed by atoms with Gasteiger partial charge in [0.25, 0.3) is 0 Å². The van der Waals surface area contributed by atoms with E-state index in [0.29, 0.717) is 18.4 Å². The molecule has 108 valence electrons. The highest BCUT2D eigenvalue weighted by Crippen LogP contribution is 2.53. The predicted octanol–water partition coefficient (Wildman–Crippen LogP) is 1.18. The molecule has 1 fully saturated rings. The minimum atomic E-state index is -1.21. The number of carbonyl (C=O) groups excluding carboxylic acids is 1. The summed E-state index contributed by atoms with van der Waals surface area (Å²) in [4.78, 5) is 12.2. The fourth-order valence-corrected chi connectivity index (χ4v) is 3.68. The summed E-state index contributed by atoms with van der Waals surface area (Å²) in [5, 5.41) is 30.9. The van der Waals surface area contributed by atoms with Crippen LogP contribution in [0.25, 0.3) is 0 Å². The largest absolute Gasteiger partial charge is 0.393 e. The molecule has 0 aliphatic heterocycles. The quantitative estimate of drug-likeness (QED) is 0.667. The number of fused-ring (bicyclic) bond motifs is 1. The van der Waals surface area contributed by atoms with Crippen LogP contribution in [0.5, 0.6) is 0 Å². The molecular formula is C15H24O4. The smallest absolute Gasteiger partial charge is 0.162 e. The Hall–Kier alpha value is -0.710. The first kappa shape index (κ1) is 14.7. The van der Waals surface area contributed by atoms with E-state index in [2.05, 4.69) is 0 Å². The third-order valence-electron chi connectivity index (χ3n) is 4.90. The molecule has 0 radical (unpaired) electrons. The molecule has 4 heteroatoms. The topological polar surface area (TPSA) is 77.8 Å². The second-order valence-electron chi connectivity index (χ2n) is 7.13. The lowest BCUT2D eigenvalue weighted by Crippen LogP contribution is -2.57. The minimum absolute atomic E-state index is 0.136. The summed E-state index contributed by atoms with van der Waals surface area (Å²) in [6.07, 6.45) is 2.26. The van der Waals surface area contributed by atoms with Gasteiger partial charge in [0.15, 0.2) is 5.78 Å². The van der Waals surface area contributed by atoms with Gasteiger partial charge in [-0.25, -0.2) is 0 Å². The lowest BCUT2D eigenvalue weighted by molar-refractivity contribution is -0.151. The van der Waals surface area contributed by atoms with Gasteiger partial charge in [0, 0.05) is 23.3 Å². The van der Waals surface area contributed by atoms with Crippen LogP contribution in [0.2, 0.25) is 0 Å². The van der Waals surface area contributed by atoms with E-state index in [0.717, 1.165) is 0 Å². The van der Waals surface area contributed by atoms with Crippen LogP contribution < -0.4 is 0 Å². The number of ketones is 1. The zero-order chi connectivity index (χ0) is 14.6. The van der Waals surface area contributed by atoms with Crippen LogP contribution in [-0.2, 0) is 4.79 Å². The van der Waals surface area contributed by atoms with Crippen LogP contribution in [0.1, 0.15) is 47.0 Å². The first-order chi connectivity index (χ1) is 8.48. The van der Waals surface area contributed by atoms with Gasteiger partial charge in [0.05, 0.1) is 17.3 Å². The summed E-state index contributed by atoms with van der Waals surface area (Å²) in [7, 11) is 0. The summed E-state index contributed by atoms with van der Waals surface area (Å²) in [5.74, 6) is -0.453. The van der Waals surface area contributed by atoms with Gasteiger partial charge in [-0.3, -0.25) is 4.79 Å². The molecule has 3 N–H and O–H groups in total. The maximum absolute atomic E-state index is 12.2. The van der Waals surface area contributed by atoms with Gasteiger partial charge in [-0.15, -0.1) is 0 Å². The van der Waals surface area contributed by atoms with Crippen molar-refractivity contribution in [2.45, 2.75) is 64.3 Å². The Morgan fingerprint density at radius 2 is 1.95 bits per heavy atom. The van der Waals surface area contributed by atoms with Gasteiger partial charge in [0.1, 0.15) is 0 Å². The summed E-state index contributed by atoms with van der Waals surface area (Å²) >= 11 is 0. The summed E-state index contributed by atoms with van der Waals surface area (Å²) in [5.41, 5.74) is -2.46. The maximum atomic E-state index is 12.2. The molecule has 0 spiro atoms. The first-order valence-electron chi connectivity index (χ1n) is 6.87. The van der Waals surface area contributed by atoms with Crippen molar-refractivity contribution in [3.8, 4) is 0 Å². The number of Topliss-reactive ketones (excluding diaryl/α,β-unsaturated/α-hetero) is 1. The second-order valence-corrected chi connectivity index (χ2v) is 7.13. The Labute approximate surface area is 114 Å². The van der Waals surface area contributed by atoms with Gasteiger partial charge in [-0.1, -0.05) is 13.0 Å². The molecule has 0 aromatic rings. The molecule has 0 unspecified atom stereocenters. The van der Waals surface area contributed by atoms with Crippen molar-refractivity contribution in [3.63, 3.8) is 0 Å². The van der Waals surface area contributed by atoms with Gasteiger partial charge in [-0.2, -0.15) is 0 Å². The number of hydrogen-bond acceptors (Lipinski definition) is 4. The van der Waals surface area contributed by atoms with Crippen LogP contribution >= 0.6 is 0 Å². The van der Waals surface area contributed by atoms with Crippen molar-refractivity contribution in [1.29, 1.82) is 0 Å². The Balaban J connectivity index is 2.52. The van der Waals surface area contributed by atoms with Crippen LogP contribution in [0.15, 0.2) is 11.6 Å². The zero-order valence-corrected chi connectivity index (χ0v) is 12.1. The molecule has 19 heavy (non-hydrogen) atoms. The Kier molecular flexibility index (Phi) is 3.20. The van der Waals surface area contributed by atoms with Gasteiger partial charge in [0.2, 0.25) is 0 Å². The van der Waals surface area contributed by atoms with Crippen LogP contribution in [0, 0.1) is 11.3 Å². The van der Waals surface area contributed by atoms with Gasteiger partial charge < -0.3 is 15.3 Å². The third-order valence-corrected chi connectivity index (χ3v) is 4.90. The molecule has 2 aliphatic rings. The van der Waals surface area contributed by atoms with Crippen LogP contribution in [-0.4, -0.2) is 38.4 Å². The molecule has 2 aliphatic carbocycles. The first-order valence-corrected chi connectivity index (χ1v) is 6.87. The highest BCUT2D eigenvalue weighted by Gasteiger charge is 2.55. The van der Waals surface area contributed by atoms with Crippen molar-refractivity contribution in [3.05, 3.63) is 11.6 Å². The molecule has 0 bridgehead atoms. The molecule has 0 saturated heterocycles. The fraction of sp³-hybridized carbons (Fsp3) is 0.800. The molecule has 0 heterocycles. The number of carbonyl (C=O) groups is 1. The lowest BCUT2D eigenvalue weighted by atomic mass is 9.54. The summed E-state index contributed by atoms with van der Waals surface area (Å²) in [6, 6.07) is 0. The maximum Gasteiger partial charge on any atom is 0.162 e. The predicted molar refractivity (Wildman–Crippen MR) is 71.5 cm³/mol. The summed E-state index contributed by atoms with van der Waals surface area (Å²) < 4.78 is 0. The Bertz CT molecular complexity index is 430.